The number of carbonyl (C=O) groups is 1. The van der Waals surface area contributed by atoms with Gasteiger partial charge in [-0.2, -0.15) is 0 Å². The number of carbonyl (C=O) groups excluding carboxylic acids is 1. The van der Waals surface area contributed by atoms with E-state index in [0.29, 0.717) is 0 Å². The fraction of sp³-hybridized carbons (Fsp3) is 0.778. The Kier molecular flexibility index (Phi) is 15.1. The zero-order chi connectivity index (χ0) is 16.5. The predicted molar refractivity (Wildman–Crippen MR) is 93.8 cm³/mol. The van der Waals surface area contributed by atoms with Crippen molar-refractivity contribution >= 4 is 6.41 Å². The molecule has 1 amide bonds. The van der Waals surface area contributed by atoms with Gasteiger partial charge in [0.2, 0.25) is 6.41 Å². The first-order valence-corrected chi connectivity index (χ1v) is 9.01. The molecule has 1 aromatic heterocycles. The fourth-order valence-corrected chi connectivity index (χ4v) is 2.72. The van der Waals surface area contributed by atoms with Crippen molar-refractivity contribution in [3.05, 3.63) is 18.2 Å². The van der Waals surface area contributed by atoms with E-state index in [1.54, 1.807) is 6.33 Å². The molecule has 4 heteroatoms. The summed E-state index contributed by atoms with van der Waals surface area (Å²) in [5, 5.41) is 2.71. The van der Waals surface area contributed by atoms with Gasteiger partial charge in [-0.3, -0.25) is 4.79 Å². The molecule has 4 nitrogen and oxygen atoms in total. The predicted octanol–water partition coefficient (Wildman–Crippen LogP) is 4.48. The molecular weight excluding hydrogens is 274 g/mol. The number of rotatable bonds is 7. The number of imidazole rings is 1. The van der Waals surface area contributed by atoms with E-state index in [-0.39, 0.29) is 0 Å². The van der Waals surface area contributed by atoms with Gasteiger partial charge in [-0.15, -0.1) is 0 Å². The van der Waals surface area contributed by atoms with Crippen molar-refractivity contribution in [2.75, 3.05) is 6.54 Å². The standard InChI is InChI=1S/C10H19NO.C6H10N2.C2H6/c12-9-11-8-4-7-10-5-2-1-3-6-10;1-2-3-6-4-7-5-8-6;1-2/h9-10H,1-8H2,(H,11,12);4-5H,2-3H2,1H3,(H,7,8);1-2H3. The summed E-state index contributed by atoms with van der Waals surface area (Å²) in [7, 11) is 0. The highest BCUT2D eigenvalue weighted by Gasteiger charge is 2.12. The van der Waals surface area contributed by atoms with Crippen molar-refractivity contribution in [3.63, 3.8) is 0 Å². The topological polar surface area (TPSA) is 57.8 Å². The van der Waals surface area contributed by atoms with Crippen LogP contribution in [0.3, 0.4) is 0 Å². The molecular formula is C18H35N3O. The largest absolute Gasteiger partial charge is 0.359 e. The Labute approximate surface area is 136 Å². The highest BCUT2D eigenvalue weighted by atomic mass is 16.1. The van der Waals surface area contributed by atoms with Crippen LogP contribution in [0.25, 0.3) is 0 Å². The van der Waals surface area contributed by atoms with E-state index in [2.05, 4.69) is 22.2 Å². The smallest absolute Gasteiger partial charge is 0.207 e. The number of H-pyrrole nitrogens is 1. The zero-order valence-electron chi connectivity index (χ0n) is 14.7. The maximum atomic E-state index is 9.94. The van der Waals surface area contributed by atoms with Crippen molar-refractivity contribution in [1.82, 2.24) is 15.3 Å². The maximum Gasteiger partial charge on any atom is 0.207 e. The van der Waals surface area contributed by atoms with Gasteiger partial charge in [0, 0.05) is 18.4 Å². The monoisotopic (exact) mass is 309 g/mol. The van der Waals surface area contributed by atoms with Gasteiger partial charge in [-0.05, 0) is 25.2 Å². The summed E-state index contributed by atoms with van der Waals surface area (Å²) in [5.41, 5.74) is 1.23. The average molecular weight is 309 g/mol. The number of aromatic nitrogens is 2. The van der Waals surface area contributed by atoms with E-state index in [1.807, 2.05) is 20.0 Å². The molecule has 0 saturated heterocycles. The Morgan fingerprint density at radius 3 is 2.59 bits per heavy atom. The Balaban J connectivity index is 0.000000382. The van der Waals surface area contributed by atoms with Gasteiger partial charge in [-0.25, -0.2) is 4.98 Å². The van der Waals surface area contributed by atoms with Crippen LogP contribution in [0.15, 0.2) is 12.5 Å². The minimum Gasteiger partial charge on any atom is -0.359 e. The van der Waals surface area contributed by atoms with Crippen molar-refractivity contribution < 1.29 is 4.79 Å². The van der Waals surface area contributed by atoms with Crippen LogP contribution in [0, 0.1) is 5.92 Å². The molecule has 0 bridgehead atoms. The van der Waals surface area contributed by atoms with Gasteiger partial charge in [0.25, 0.3) is 0 Å². The van der Waals surface area contributed by atoms with Gasteiger partial charge >= 0.3 is 0 Å². The Morgan fingerprint density at radius 1 is 1.32 bits per heavy atom. The molecule has 0 radical (unpaired) electrons. The molecule has 128 valence electrons. The molecule has 22 heavy (non-hydrogen) atoms. The third kappa shape index (κ3) is 11.4. The third-order valence-electron chi connectivity index (χ3n) is 3.82. The van der Waals surface area contributed by atoms with Crippen molar-refractivity contribution in [2.24, 2.45) is 5.92 Å². The first kappa shape index (κ1) is 20.7. The van der Waals surface area contributed by atoms with Crippen LogP contribution in [0.2, 0.25) is 0 Å². The molecule has 2 rings (SSSR count). The molecule has 1 heterocycles. The van der Waals surface area contributed by atoms with E-state index in [9.17, 15) is 4.79 Å². The quantitative estimate of drug-likeness (QED) is 0.576. The molecule has 0 aromatic carbocycles. The molecule has 2 N–H and O–H groups in total. The number of nitrogens with zero attached hydrogens (tertiary/aromatic N) is 1. The van der Waals surface area contributed by atoms with E-state index in [4.69, 9.17) is 0 Å². The van der Waals surface area contributed by atoms with Gasteiger partial charge in [-0.1, -0.05) is 59.3 Å². The second-order valence-electron chi connectivity index (χ2n) is 5.55. The van der Waals surface area contributed by atoms with Gasteiger partial charge < -0.3 is 10.3 Å². The number of nitrogens with one attached hydrogen (secondary N) is 2. The molecule has 0 unspecified atom stereocenters. The maximum absolute atomic E-state index is 9.94. The number of aryl methyl sites for hydroxylation is 1. The first-order valence-electron chi connectivity index (χ1n) is 9.01. The summed E-state index contributed by atoms with van der Waals surface area (Å²) in [6, 6.07) is 0. The summed E-state index contributed by atoms with van der Waals surface area (Å²) in [5.74, 6) is 0.951. The molecule has 1 aliphatic carbocycles. The lowest BCUT2D eigenvalue weighted by molar-refractivity contribution is -0.109. The van der Waals surface area contributed by atoms with Crippen LogP contribution in [0.4, 0.5) is 0 Å². The molecule has 0 atom stereocenters. The summed E-state index contributed by atoms with van der Waals surface area (Å²) in [6.45, 7) is 7.01. The van der Waals surface area contributed by atoms with Crippen LogP contribution in [-0.4, -0.2) is 22.9 Å². The number of hydrogen-bond acceptors (Lipinski definition) is 2. The van der Waals surface area contributed by atoms with Gasteiger partial charge in [0.05, 0.1) is 6.33 Å². The SMILES string of the molecule is CC.CCCc1cnc[nH]1.O=CNCCCC1CCCCC1. The summed E-state index contributed by atoms with van der Waals surface area (Å²) in [4.78, 5) is 16.9. The highest BCUT2D eigenvalue weighted by molar-refractivity contribution is 5.45. The lowest BCUT2D eigenvalue weighted by Crippen LogP contribution is -2.14. The lowest BCUT2D eigenvalue weighted by Gasteiger charge is -2.20. The molecule has 1 aliphatic rings. The zero-order valence-corrected chi connectivity index (χ0v) is 14.7. The van der Waals surface area contributed by atoms with Crippen molar-refractivity contribution in [3.8, 4) is 0 Å². The van der Waals surface area contributed by atoms with Gasteiger partial charge in [0.1, 0.15) is 0 Å². The Morgan fingerprint density at radius 2 is 2.05 bits per heavy atom. The second-order valence-corrected chi connectivity index (χ2v) is 5.55. The summed E-state index contributed by atoms with van der Waals surface area (Å²) in [6.07, 6.45) is 16.2. The van der Waals surface area contributed by atoms with Crippen LogP contribution in [0.5, 0.6) is 0 Å². The molecule has 1 aromatic rings. The normalized spacial score (nSPS) is 14.1. The summed E-state index contributed by atoms with van der Waals surface area (Å²) >= 11 is 0. The fourth-order valence-electron chi connectivity index (χ4n) is 2.72. The van der Waals surface area contributed by atoms with E-state index in [0.717, 1.165) is 31.7 Å². The Hall–Kier alpha value is -1.32. The number of amides is 1. The first-order chi connectivity index (χ1) is 10.9. The van der Waals surface area contributed by atoms with Crippen LogP contribution < -0.4 is 5.32 Å². The van der Waals surface area contributed by atoms with E-state index < -0.39 is 0 Å². The average Bonchev–Trinajstić information content (AvgIpc) is 3.09. The van der Waals surface area contributed by atoms with Crippen molar-refractivity contribution in [1.29, 1.82) is 0 Å². The lowest BCUT2D eigenvalue weighted by atomic mass is 9.86. The van der Waals surface area contributed by atoms with Crippen LogP contribution in [0.1, 0.15) is 77.8 Å². The molecule has 1 fully saturated rings. The van der Waals surface area contributed by atoms with E-state index >= 15 is 0 Å². The third-order valence-corrected chi connectivity index (χ3v) is 3.82. The molecule has 0 aliphatic heterocycles. The minimum absolute atomic E-state index is 0.793. The van der Waals surface area contributed by atoms with Crippen LogP contribution >= 0.6 is 0 Å². The highest BCUT2D eigenvalue weighted by Crippen LogP contribution is 2.26. The number of aromatic amines is 1. The van der Waals surface area contributed by atoms with Crippen LogP contribution in [-0.2, 0) is 11.2 Å². The van der Waals surface area contributed by atoms with E-state index in [1.165, 1.54) is 50.6 Å². The molecule has 0 spiro atoms. The van der Waals surface area contributed by atoms with Gasteiger partial charge in [0.15, 0.2) is 0 Å². The van der Waals surface area contributed by atoms with Crippen molar-refractivity contribution in [2.45, 2.75) is 78.6 Å². The number of hydrogen-bond donors (Lipinski definition) is 2. The Bertz CT molecular complexity index is 319. The minimum atomic E-state index is 0.793. The summed E-state index contributed by atoms with van der Waals surface area (Å²) < 4.78 is 0. The second kappa shape index (κ2) is 16.1. The molecule has 1 saturated carbocycles.